The summed E-state index contributed by atoms with van der Waals surface area (Å²) in [6, 6.07) is 2.29. The van der Waals surface area contributed by atoms with Crippen LogP contribution in [0.5, 0.6) is 0 Å². The van der Waals surface area contributed by atoms with E-state index in [1.807, 2.05) is 0 Å². The van der Waals surface area contributed by atoms with Gasteiger partial charge < -0.3 is 15.4 Å². The van der Waals surface area contributed by atoms with E-state index in [1.165, 1.54) is 12.3 Å². The summed E-state index contributed by atoms with van der Waals surface area (Å²) in [5, 5.41) is 5.91. The third-order valence-electron chi connectivity index (χ3n) is 3.15. The van der Waals surface area contributed by atoms with Crippen molar-refractivity contribution >= 4 is 5.82 Å². The summed E-state index contributed by atoms with van der Waals surface area (Å²) in [6.07, 6.45) is -0.976. The zero-order valence-corrected chi connectivity index (χ0v) is 11.0. The molecule has 7 heteroatoms. The van der Waals surface area contributed by atoms with Crippen molar-refractivity contribution < 1.29 is 17.9 Å². The Morgan fingerprint density at radius 3 is 2.80 bits per heavy atom. The molecule has 0 radical (unpaired) electrons. The number of hydrogen-bond donors (Lipinski definition) is 2. The first-order chi connectivity index (χ1) is 9.57. The van der Waals surface area contributed by atoms with Gasteiger partial charge in [0, 0.05) is 12.7 Å². The predicted molar refractivity (Wildman–Crippen MR) is 69.6 cm³/mol. The van der Waals surface area contributed by atoms with Gasteiger partial charge in [-0.25, -0.2) is 4.98 Å². The number of hydrogen-bond acceptors (Lipinski definition) is 4. The maximum absolute atomic E-state index is 12.7. The Kier molecular flexibility index (Phi) is 5.19. The summed E-state index contributed by atoms with van der Waals surface area (Å²) < 4.78 is 43.8. The first-order valence-electron chi connectivity index (χ1n) is 6.66. The van der Waals surface area contributed by atoms with Crippen LogP contribution in [-0.2, 0) is 10.9 Å². The van der Waals surface area contributed by atoms with E-state index < -0.39 is 11.7 Å². The number of piperidine rings is 1. The lowest BCUT2D eigenvalue weighted by molar-refractivity contribution is -0.137. The number of anilines is 1. The van der Waals surface area contributed by atoms with Crippen molar-refractivity contribution in [2.24, 2.45) is 0 Å². The van der Waals surface area contributed by atoms with E-state index >= 15 is 0 Å². The molecule has 0 atom stereocenters. The molecule has 20 heavy (non-hydrogen) atoms. The van der Waals surface area contributed by atoms with Gasteiger partial charge in [-0.15, -0.1) is 0 Å². The molecule has 0 spiro atoms. The molecule has 1 aromatic rings. The number of nitrogens with zero attached hydrogens (tertiary/aromatic N) is 1. The van der Waals surface area contributed by atoms with Crippen LogP contribution in [-0.4, -0.2) is 37.3 Å². The minimum absolute atomic E-state index is 0.145. The van der Waals surface area contributed by atoms with Crippen LogP contribution >= 0.6 is 0 Å². The molecule has 1 aliphatic rings. The molecule has 2 N–H and O–H groups in total. The third-order valence-corrected chi connectivity index (χ3v) is 3.15. The number of alkyl halides is 3. The summed E-state index contributed by atoms with van der Waals surface area (Å²) in [5.74, 6) is -0.145. The van der Waals surface area contributed by atoms with Crippen LogP contribution in [0.15, 0.2) is 18.3 Å². The molecular formula is C13H18F3N3O. The van der Waals surface area contributed by atoms with Gasteiger partial charge in [-0.2, -0.15) is 13.2 Å². The standard InChI is InChI=1S/C13H18F3N3O/c14-13(15,16)11-2-1-5-18-12(11)19-8-9-20-10-3-6-17-7-4-10/h1-2,5,10,17H,3-4,6-9H2,(H,18,19). The van der Waals surface area contributed by atoms with Crippen LogP contribution < -0.4 is 10.6 Å². The number of nitrogens with one attached hydrogen (secondary N) is 2. The Labute approximate surface area is 115 Å². The van der Waals surface area contributed by atoms with Crippen molar-refractivity contribution in [3.63, 3.8) is 0 Å². The molecule has 1 aromatic heterocycles. The highest BCUT2D eigenvalue weighted by Crippen LogP contribution is 2.33. The first kappa shape index (κ1) is 15.1. The molecule has 0 amide bonds. The molecular weight excluding hydrogens is 271 g/mol. The fourth-order valence-electron chi connectivity index (χ4n) is 2.13. The SMILES string of the molecule is FC(F)(F)c1cccnc1NCCOC1CCNCC1. The maximum Gasteiger partial charge on any atom is 0.419 e. The Morgan fingerprint density at radius 2 is 2.10 bits per heavy atom. The van der Waals surface area contributed by atoms with Crippen LogP contribution in [0.3, 0.4) is 0 Å². The molecule has 112 valence electrons. The Hall–Kier alpha value is -1.34. The van der Waals surface area contributed by atoms with Crippen molar-refractivity contribution in [1.82, 2.24) is 10.3 Å². The van der Waals surface area contributed by atoms with Gasteiger partial charge in [-0.3, -0.25) is 0 Å². The Morgan fingerprint density at radius 1 is 1.35 bits per heavy atom. The van der Waals surface area contributed by atoms with E-state index in [4.69, 9.17) is 4.74 Å². The average molecular weight is 289 g/mol. The van der Waals surface area contributed by atoms with Gasteiger partial charge in [0.05, 0.1) is 18.3 Å². The molecule has 1 saturated heterocycles. The summed E-state index contributed by atoms with van der Waals surface area (Å²) >= 11 is 0. The summed E-state index contributed by atoms with van der Waals surface area (Å²) in [6.45, 7) is 2.54. The van der Waals surface area contributed by atoms with E-state index in [2.05, 4.69) is 15.6 Å². The van der Waals surface area contributed by atoms with Gasteiger partial charge >= 0.3 is 6.18 Å². The number of aromatic nitrogens is 1. The van der Waals surface area contributed by atoms with Gasteiger partial charge in [0.2, 0.25) is 0 Å². The second-order valence-electron chi connectivity index (χ2n) is 4.64. The summed E-state index contributed by atoms with van der Waals surface area (Å²) in [5.41, 5.74) is -0.748. The van der Waals surface area contributed by atoms with Crippen molar-refractivity contribution in [3.8, 4) is 0 Å². The highest BCUT2D eigenvalue weighted by molar-refractivity contribution is 5.45. The summed E-state index contributed by atoms with van der Waals surface area (Å²) in [7, 11) is 0. The molecule has 1 fully saturated rings. The number of rotatable bonds is 5. The lowest BCUT2D eigenvalue weighted by Gasteiger charge is -2.23. The van der Waals surface area contributed by atoms with Gasteiger partial charge in [0.25, 0.3) is 0 Å². The van der Waals surface area contributed by atoms with Crippen LogP contribution in [0, 0.1) is 0 Å². The second kappa shape index (κ2) is 6.90. The normalized spacial score (nSPS) is 17.1. The third kappa shape index (κ3) is 4.35. The predicted octanol–water partition coefficient (Wildman–Crippen LogP) is 2.28. The quantitative estimate of drug-likeness (QED) is 0.816. The van der Waals surface area contributed by atoms with E-state index in [1.54, 1.807) is 0 Å². The molecule has 0 aliphatic carbocycles. The van der Waals surface area contributed by atoms with Crippen LogP contribution in [0.4, 0.5) is 19.0 Å². The molecule has 1 aliphatic heterocycles. The minimum Gasteiger partial charge on any atom is -0.376 e. The maximum atomic E-state index is 12.7. The highest BCUT2D eigenvalue weighted by Gasteiger charge is 2.33. The lowest BCUT2D eigenvalue weighted by atomic mass is 10.1. The van der Waals surface area contributed by atoms with Gasteiger partial charge in [-0.05, 0) is 38.1 Å². The van der Waals surface area contributed by atoms with E-state index in [0.717, 1.165) is 32.0 Å². The van der Waals surface area contributed by atoms with E-state index in [9.17, 15) is 13.2 Å². The fraction of sp³-hybridized carbons (Fsp3) is 0.615. The van der Waals surface area contributed by atoms with Crippen molar-refractivity contribution in [3.05, 3.63) is 23.9 Å². The molecule has 2 heterocycles. The minimum atomic E-state index is -4.40. The van der Waals surface area contributed by atoms with E-state index in [-0.39, 0.29) is 11.9 Å². The number of halogens is 3. The van der Waals surface area contributed by atoms with Crippen molar-refractivity contribution in [2.45, 2.75) is 25.1 Å². The zero-order chi connectivity index (χ0) is 14.4. The molecule has 4 nitrogen and oxygen atoms in total. The first-order valence-corrected chi connectivity index (χ1v) is 6.66. The largest absolute Gasteiger partial charge is 0.419 e. The van der Waals surface area contributed by atoms with Crippen molar-refractivity contribution in [1.29, 1.82) is 0 Å². The number of ether oxygens (including phenoxy) is 1. The second-order valence-corrected chi connectivity index (χ2v) is 4.64. The molecule has 0 aromatic carbocycles. The van der Waals surface area contributed by atoms with Crippen LogP contribution in [0.2, 0.25) is 0 Å². The zero-order valence-electron chi connectivity index (χ0n) is 11.0. The van der Waals surface area contributed by atoms with Crippen molar-refractivity contribution in [2.75, 3.05) is 31.6 Å². The van der Waals surface area contributed by atoms with Gasteiger partial charge in [-0.1, -0.05) is 0 Å². The summed E-state index contributed by atoms with van der Waals surface area (Å²) in [4.78, 5) is 3.73. The Bertz CT molecular complexity index is 420. The van der Waals surface area contributed by atoms with E-state index in [0.29, 0.717) is 13.2 Å². The number of pyridine rings is 1. The molecule has 0 unspecified atom stereocenters. The lowest BCUT2D eigenvalue weighted by Crippen LogP contribution is -2.33. The smallest absolute Gasteiger partial charge is 0.376 e. The van der Waals surface area contributed by atoms with Gasteiger partial charge in [0.15, 0.2) is 0 Å². The van der Waals surface area contributed by atoms with Crippen LogP contribution in [0.25, 0.3) is 0 Å². The highest BCUT2D eigenvalue weighted by atomic mass is 19.4. The average Bonchev–Trinajstić information content (AvgIpc) is 2.44. The topological polar surface area (TPSA) is 46.2 Å². The van der Waals surface area contributed by atoms with Gasteiger partial charge in [0.1, 0.15) is 5.82 Å². The molecule has 2 rings (SSSR count). The monoisotopic (exact) mass is 289 g/mol. The Balaban J connectivity index is 1.79. The fourth-order valence-corrected chi connectivity index (χ4v) is 2.13. The molecule has 0 saturated carbocycles. The molecule has 0 bridgehead atoms. The van der Waals surface area contributed by atoms with Crippen LogP contribution in [0.1, 0.15) is 18.4 Å².